The molecule has 0 bridgehead atoms. The molecule has 0 saturated carbocycles. The Morgan fingerprint density at radius 3 is 2.40 bits per heavy atom. The fraction of sp³-hybridized carbons (Fsp3) is 0.318. The van der Waals surface area contributed by atoms with Crippen LogP contribution in [0.5, 0.6) is 0 Å². The van der Waals surface area contributed by atoms with Crippen molar-refractivity contribution in [1.29, 1.82) is 0 Å². The van der Waals surface area contributed by atoms with Crippen LogP contribution in [-0.4, -0.2) is 42.0 Å². The van der Waals surface area contributed by atoms with E-state index in [4.69, 9.17) is 11.6 Å². The van der Waals surface area contributed by atoms with Gasteiger partial charge in [-0.2, -0.15) is 0 Å². The Balaban J connectivity index is 1.55. The van der Waals surface area contributed by atoms with Crippen LogP contribution in [0.4, 0.5) is 11.4 Å². The van der Waals surface area contributed by atoms with E-state index < -0.39 is 11.9 Å². The lowest BCUT2D eigenvalue weighted by molar-refractivity contribution is -0.119. The topological polar surface area (TPSA) is 98.7 Å². The molecular formula is C22H24ClN3O4. The molecule has 30 heavy (non-hydrogen) atoms. The zero-order chi connectivity index (χ0) is 21.5. The number of aliphatic hydroxyl groups is 1. The Hall–Kier alpha value is -2.90. The summed E-state index contributed by atoms with van der Waals surface area (Å²) in [5.41, 5.74) is 1.73. The van der Waals surface area contributed by atoms with Crippen LogP contribution in [0.25, 0.3) is 0 Å². The van der Waals surface area contributed by atoms with Gasteiger partial charge in [0.15, 0.2) is 0 Å². The SMILES string of the molecule is O=C(CC(CO)NC(=O)c1ccc(N2CCCCC2=O)cc1)Nc1ccc(Cl)cc1. The molecule has 3 rings (SSSR count). The number of anilines is 2. The average molecular weight is 430 g/mol. The average Bonchev–Trinajstić information content (AvgIpc) is 2.75. The number of nitrogens with one attached hydrogen (secondary N) is 2. The molecular weight excluding hydrogens is 406 g/mol. The highest BCUT2D eigenvalue weighted by Crippen LogP contribution is 2.21. The molecule has 1 saturated heterocycles. The molecule has 1 unspecified atom stereocenters. The first-order chi connectivity index (χ1) is 14.5. The lowest BCUT2D eigenvalue weighted by Crippen LogP contribution is -2.40. The summed E-state index contributed by atoms with van der Waals surface area (Å²) in [6.45, 7) is 0.305. The Morgan fingerprint density at radius 1 is 1.07 bits per heavy atom. The first-order valence-electron chi connectivity index (χ1n) is 9.84. The third-order valence-corrected chi connectivity index (χ3v) is 5.13. The molecule has 2 aromatic carbocycles. The highest BCUT2D eigenvalue weighted by molar-refractivity contribution is 6.30. The third kappa shape index (κ3) is 5.81. The van der Waals surface area contributed by atoms with Gasteiger partial charge in [0, 0.05) is 41.3 Å². The molecule has 0 radical (unpaired) electrons. The molecule has 1 heterocycles. The first kappa shape index (κ1) is 21.8. The lowest BCUT2D eigenvalue weighted by atomic mass is 10.1. The van der Waals surface area contributed by atoms with Gasteiger partial charge in [0.2, 0.25) is 11.8 Å². The van der Waals surface area contributed by atoms with Gasteiger partial charge in [-0.1, -0.05) is 11.6 Å². The second-order valence-corrected chi connectivity index (χ2v) is 7.60. The minimum Gasteiger partial charge on any atom is -0.394 e. The number of hydrogen-bond acceptors (Lipinski definition) is 4. The molecule has 0 aliphatic carbocycles. The van der Waals surface area contributed by atoms with Gasteiger partial charge in [0.05, 0.1) is 12.6 Å². The maximum atomic E-state index is 12.5. The molecule has 2 aromatic rings. The van der Waals surface area contributed by atoms with Crippen molar-refractivity contribution in [2.24, 2.45) is 0 Å². The van der Waals surface area contributed by atoms with Crippen molar-refractivity contribution in [1.82, 2.24) is 5.32 Å². The number of rotatable bonds is 7. The maximum Gasteiger partial charge on any atom is 0.251 e. The molecule has 1 atom stereocenters. The molecule has 3 amide bonds. The number of halogens is 1. The number of amides is 3. The standard InChI is InChI=1S/C22H24ClN3O4/c23-16-6-8-17(9-7-16)24-20(28)13-18(14-27)25-22(30)15-4-10-19(11-5-15)26-12-2-1-3-21(26)29/h4-11,18,27H,1-3,12-14H2,(H,24,28)(H,25,30). The number of hydrogen-bond donors (Lipinski definition) is 3. The van der Waals surface area contributed by atoms with Gasteiger partial charge >= 0.3 is 0 Å². The van der Waals surface area contributed by atoms with Gasteiger partial charge in [0.1, 0.15) is 0 Å². The van der Waals surface area contributed by atoms with Crippen LogP contribution in [0.3, 0.4) is 0 Å². The van der Waals surface area contributed by atoms with E-state index in [1.807, 2.05) is 0 Å². The molecule has 0 aromatic heterocycles. The van der Waals surface area contributed by atoms with Crippen molar-refractivity contribution in [3.05, 3.63) is 59.1 Å². The van der Waals surface area contributed by atoms with Crippen LogP contribution < -0.4 is 15.5 Å². The number of nitrogens with zero attached hydrogens (tertiary/aromatic N) is 1. The van der Waals surface area contributed by atoms with E-state index in [1.165, 1.54) is 0 Å². The molecule has 158 valence electrons. The van der Waals surface area contributed by atoms with Crippen molar-refractivity contribution in [3.63, 3.8) is 0 Å². The summed E-state index contributed by atoms with van der Waals surface area (Å²) in [6.07, 6.45) is 2.33. The van der Waals surface area contributed by atoms with E-state index in [-0.39, 0.29) is 24.8 Å². The van der Waals surface area contributed by atoms with Gasteiger partial charge in [-0.15, -0.1) is 0 Å². The summed E-state index contributed by atoms with van der Waals surface area (Å²) in [5.74, 6) is -0.647. The van der Waals surface area contributed by atoms with Gasteiger partial charge in [-0.05, 0) is 61.4 Å². The van der Waals surface area contributed by atoms with Crippen LogP contribution in [0.1, 0.15) is 36.0 Å². The predicted octanol–water partition coefficient (Wildman–Crippen LogP) is 2.98. The summed E-state index contributed by atoms with van der Waals surface area (Å²) < 4.78 is 0. The zero-order valence-corrected chi connectivity index (χ0v) is 17.2. The van der Waals surface area contributed by atoms with Crippen molar-refractivity contribution in [2.45, 2.75) is 31.7 Å². The van der Waals surface area contributed by atoms with Crippen LogP contribution in [0, 0.1) is 0 Å². The summed E-state index contributed by atoms with van der Waals surface area (Å²) >= 11 is 5.82. The van der Waals surface area contributed by atoms with Gasteiger partial charge in [-0.25, -0.2) is 0 Å². The summed E-state index contributed by atoms with van der Waals surface area (Å²) in [6, 6.07) is 12.7. The van der Waals surface area contributed by atoms with E-state index in [2.05, 4.69) is 10.6 Å². The lowest BCUT2D eigenvalue weighted by Gasteiger charge is -2.26. The monoisotopic (exact) mass is 429 g/mol. The number of aliphatic hydroxyl groups excluding tert-OH is 1. The highest BCUT2D eigenvalue weighted by Gasteiger charge is 2.21. The predicted molar refractivity (Wildman–Crippen MR) is 116 cm³/mol. The number of piperidine rings is 1. The van der Waals surface area contributed by atoms with Crippen molar-refractivity contribution >= 4 is 40.7 Å². The third-order valence-electron chi connectivity index (χ3n) is 4.88. The van der Waals surface area contributed by atoms with Gasteiger partial charge in [0.25, 0.3) is 5.91 Å². The van der Waals surface area contributed by atoms with Crippen LogP contribution in [-0.2, 0) is 9.59 Å². The Morgan fingerprint density at radius 2 is 1.77 bits per heavy atom. The second kappa shape index (κ2) is 10.2. The fourth-order valence-electron chi connectivity index (χ4n) is 3.27. The van der Waals surface area contributed by atoms with Gasteiger partial charge in [-0.3, -0.25) is 14.4 Å². The summed E-state index contributed by atoms with van der Waals surface area (Å²) in [4.78, 5) is 38.4. The van der Waals surface area contributed by atoms with E-state index in [0.717, 1.165) is 18.5 Å². The van der Waals surface area contributed by atoms with E-state index in [9.17, 15) is 19.5 Å². The molecule has 3 N–H and O–H groups in total. The fourth-order valence-corrected chi connectivity index (χ4v) is 3.40. The summed E-state index contributed by atoms with van der Waals surface area (Å²) in [7, 11) is 0. The molecule has 0 spiro atoms. The maximum absolute atomic E-state index is 12.5. The normalized spacial score (nSPS) is 14.9. The van der Waals surface area contributed by atoms with Crippen molar-refractivity contribution in [3.8, 4) is 0 Å². The number of benzene rings is 2. The number of carbonyl (C=O) groups is 3. The highest BCUT2D eigenvalue weighted by atomic mass is 35.5. The minimum absolute atomic E-state index is 0.0781. The second-order valence-electron chi connectivity index (χ2n) is 7.16. The van der Waals surface area contributed by atoms with Crippen LogP contribution in [0.2, 0.25) is 5.02 Å². The van der Waals surface area contributed by atoms with E-state index in [1.54, 1.807) is 53.4 Å². The van der Waals surface area contributed by atoms with Crippen LogP contribution >= 0.6 is 11.6 Å². The largest absolute Gasteiger partial charge is 0.394 e. The Kier molecular flexibility index (Phi) is 7.43. The molecule has 1 fully saturated rings. The van der Waals surface area contributed by atoms with E-state index >= 15 is 0 Å². The smallest absolute Gasteiger partial charge is 0.251 e. The van der Waals surface area contributed by atoms with Crippen molar-refractivity contribution < 1.29 is 19.5 Å². The molecule has 7 nitrogen and oxygen atoms in total. The number of carbonyl (C=O) groups excluding carboxylic acids is 3. The Labute approximate surface area is 180 Å². The zero-order valence-electron chi connectivity index (χ0n) is 16.4. The summed E-state index contributed by atoms with van der Waals surface area (Å²) in [5, 5.41) is 15.5. The minimum atomic E-state index is -0.729. The molecule has 1 aliphatic heterocycles. The first-order valence-corrected chi connectivity index (χ1v) is 10.2. The van der Waals surface area contributed by atoms with E-state index in [0.29, 0.717) is 29.2 Å². The Bertz CT molecular complexity index is 900. The quantitative estimate of drug-likeness (QED) is 0.630. The van der Waals surface area contributed by atoms with Crippen molar-refractivity contribution in [2.75, 3.05) is 23.4 Å². The van der Waals surface area contributed by atoms with Gasteiger partial charge < -0.3 is 20.6 Å². The molecule has 1 aliphatic rings. The molecule has 8 heteroatoms. The van der Waals surface area contributed by atoms with Crippen LogP contribution in [0.15, 0.2) is 48.5 Å².